The minimum Gasteiger partial charge on any atom is -0.464 e. The summed E-state index contributed by atoms with van der Waals surface area (Å²) in [4.78, 5) is 19.6. The van der Waals surface area contributed by atoms with Crippen LogP contribution in [0.25, 0.3) is 10.2 Å². The van der Waals surface area contributed by atoms with E-state index in [1.165, 1.54) is 18.4 Å². The van der Waals surface area contributed by atoms with Gasteiger partial charge in [-0.2, -0.15) is 0 Å². The monoisotopic (exact) mass is 237 g/mol. The van der Waals surface area contributed by atoms with Crippen LogP contribution in [0.1, 0.15) is 17.4 Å². The second-order valence-corrected chi connectivity index (χ2v) is 4.11. The van der Waals surface area contributed by atoms with E-state index in [0.29, 0.717) is 5.69 Å². The summed E-state index contributed by atoms with van der Waals surface area (Å²) in [6.45, 7) is 2.82. The van der Waals surface area contributed by atoms with Gasteiger partial charge in [0.25, 0.3) is 0 Å². The average Bonchev–Trinajstić information content (AvgIpc) is 2.69. The maximum absolute atomic E-state index is 11.3. The van der Waals surface area contributed by atoms with Gasteiger partial charge in [0.15, 0.2) is 5.13 Å². The number of hydrogen-bond donors (Lipinski definition) is 1. The first-order valence-electron chi connectivity index (χ1n) is 4.83. The highest BCUT2D eigenvalue weighted by Crippen LogP contribution is 2.25. The van der Waals surface area contributed by atoms with Gasteiger partial charge in [0.2, 0.25) is 0 Å². The number of carbonyl (C=O) groups is 1. The Morgan fingerprint density at radius 1 is 1.62 bits per heavy atom. The van der Waals surface area contributed by atoms with Crippen LogP contribution in [0, 0.1) is 0 Å². The number of esters is 1. The molecule has 0 radical (unpaired) electrons. The summed E-state index contributed by atoms with van der Waals surface area (Å²) in [6, 6.07) is 1.69. The number of nitrogens with zero attached hydrogens (tertiary/aromatic N) is 2. The maximum Gasteiger partial charge on any atom is 0.356 e. The molecule has 0 bridgehead atoms. The highest BCUT2D eigenvalue weighted by molar-refractivity contribution is 7.22. The number of ether oxygens (including phenoxy) is 1. The average molecular weight is 237 g/mol. The largest absolute Gasteiger partial charge is 0.464 e. The van der Waals surface area contributed by atoms with Crippen molar-refractivity contribution in [1.29, 1.82) is 0 Å². The predicted octanol–water partition coefficient (Wildman–Crippen LogP) is 1.91. The second-order valence-electron chi connectivity index (χ2n) is 3.08. The Labute approximate surface area is 96.5 Å². The molecule has 2 rings (SSSR count). The molecule has 0 unspecified atom stereocenters. The smallest absolute Gasteiger partial charge is 0.356 e. The van der Waals surface area contributed by atoms with E-state index in [4.69, 9.17) is 0 Å². The lowest BCUT2D eigenvalue weighted by Gasteiger charge is -1.96. The lowest BCUT2D eigenvalue weighted by molar-refractivity contribution is 0.0594. The van der Waals surface area contributed by atoms with E-state index in [2.05, 4.69) is 20.0 Å². The zero-order valence-corrected chi connectivity index (χ0v) is 9.80. The van der Waals surface area contributed by atoms with Crippen LogP contribution in [0.3, 0.4) is 0 Å². The molecule has 2 aromatic rings. The third-order valence-corrected chi connectivity index (χ3v) is 2.97. The third-order valence-electron chi connectivity index (χ3n) is 2.00. The molecule has 0 saturated heterocycles. The minimum absolute atomic E-state index is 0.307. The van der Waals surface area contributed by atoms with E-state index in [0.717, 1.165) is 21.9 Å². The molecule has 0 aromatic carbocycles. The van der Waals surface area contributed by atoms with Crippen LogP contribution in [-0.2, 0) is 4.74 Å². The molecule has 2 heterocycles. The summed E-state index contributed by atoms with van der Waals surface area (Å²) in [5.41, 5.74) is 1.09. The molecule has 0 spiro atoms. The fourth-order valence-electron chi connectivity index (χ4n) is 1.27. The van der Waals surface area contributed by atoms with Crippen LogP contribution in [0.5, 0.6) is 0 Å². The van der Waals surface area contributed by atoms with Gasteiger partial charge >= 0.3 is 5.97 Å². The number of pyridine rings is 1. The Bertz CT molecular complexity index is 524. The Kier molecular flexibility index (Phi) is 3.00. The summed E-state index contributed by atoms with van der Waals surface area (Å²) in [7, 11) is 1.34. The van der Waals surface area contributed by atoms with Gasteiger partial charge in [-0.1, -0.05) is 11.3 Å². The quantitative estimate of drug-likeness (QED) is 0.826. The maximum atomic E-state index is 11.3. The van der Waals surface area contributed by atoms with Crippen LogP contribution in [0.2, 0.25) is 0 Å². The first-order chi connectivity index (χ1) is 7.74. The molecule has 6 heteroatoms. The summed E-state index contributed by atoms with van der Waals surface area (Å²) < 4.78 is 5.53. The summed E-state index contributed by atoms with van der Waals surface area (Å²) in [6.07, 6.45) is 1.58. The van der Waals surface area contributed by atoms with Crippen molar-refractivity contribution >= 4 is 32.7 Å². The topological polar surface area (TPSA) is 64.1 Å². The molecular weight excluding hydrogens is 226 g/mol. The number of rotatable bonds is 3. The fourth-order valence-corrected chi connectivity index (χ4v) is 2.22. The van der Waals surface area contributed by atoms with Gasteiger partial charge in [0, 0.05) is 6.54 Å². The van der Waals surface area contributed by atoms with Gasteiger partial charge in [0.1, 0.15) is 11.2 Å². The molecule has 0 aliphatic carbocycles. The minimum atomic E-state index is -0.430. The van der Waals surface area contributed by atoms with Crippen molar-refractivity contribution in [2.24, 2.45) is 0 Å². The Balaban J connectivity index is 2.41. The Morgan fingerprint density at radius 3 is 3.12 bits per heavy atom. The van der Waals surface area contributed by atoms with Crippen molar-refractivity contribution in [2.75, 3.05) is 19.0 Å². The van der Waals surface area contributed by atoms with E-state index in [-0.39, 0.29) is 0 Å². The van der Waals surface area contributed by atoms with Crippen molar-refractivity contribution < 1.29 is 9.53 Å². The van der Waals surface area contributed by atoms with Crippen LogP contribution in [-0.4, -0.2) is 29.6 Å². The molecule has 0 aliphatic heterocycles. The van der Waals surface area contributed by atoms with Gasteiger partial charge in [-0.15, -0.1) is 0 Å². The van der Waals surface area contributed by atoms with Crippen LogP contribution >= 0.6 is 11.3 Å². The number of anilines is 1. The summed E-state index contributed by atoms with van der Waals surface area (Å²) in [5, 5.41) is 3.96. The number of nitrogens with one attached hydrogen (secondary N) is 1. The van der Waals surface area contributed by atoms with Gasteiger partial charge in [-0.05, 0) is 13.0 Å². The van der Waals surface area contributed by atoms with E-state index < -0.39 is 5.97 Å². The van der Waals surface area contributed by atoms with Crippen molar-refractivity contribution in [2.45, 2.75) is 6.92 Å². The molecule has 2 aromatic heterocycles. The van der Waals surface area contributed by atoms with Crippen molar-refractivity contribution in [1.82, 2.24) is 9.97 Å². The number of hydrogen-bond acceptors (Lipinski definition) is 6. The first kappa shape index (κ1) is 10.8. The lowest BCUT2D eigenvalue weighted by atomic mass is 10.3. The molecule has 84 valence electrons. The third kappa shape index (κ3) is 1.96. The zero-order chi connectivity index (χ0) is 11.5. The number of fused-ring (bicyclic) bond motifs is 1. The molecule has 0 saturated carbocycles. The number of carbonyl (C=O) groups excluding carboxylic acids is 1. The zero-order valence-electron chi connectivity index (χ0n) is 8.98. The van der Waals surface area contributed by atoms with Crippen LogP contribution in [0.4, 0.5) is 5.13 Å². The molecule has 0 aliphatic rings. The van der Waals surface area contributed by atoms with Crippen molar-refractivity contribution in [3.63, 3.8) is 0 Å². The molecular formula is C10H11N3O2S. The molecule has 0 fully saturated rings. The molecule has 1 N–H and O–H groups in total. The van der Waals surface area contributed by atoms with Crippen molar-refractivity contribution in [3.05, 3.63) is 18.0 Å². The first-order valence-corrected chi connectivity index (χ1v) is 5.65. The molecule has 5 nitrogen and oxygen atoms in total. The fraction of sp³-hybridized carbons (Fsp3) is 0.300. The lowest BCUT2D eigenvalue weighted by Crippen LogP contribution is -2.03. The van der Waals surface area contributed by atoms with Crippen molar-refractivity contribution in [3.8, 4) is 0 Å². The Hall–Kier alpha value is -1.69. The Morgan fingerprint density at radius 2 is 2.44 bits per heavy atom. The second kappa shape index (κ2) is 4.44. The van der Waals surface area contributed by atoms with E-state index >= 15 is 0 Å². The van der Waals surface area contributed by atoms with E-state index in [9.17, 15) is 4.79 Å². The van der Waals surface area contributed by atoms with Gasteiger partial charge in [-0.3, -0.25) is 0 Å². The predicted molar refractivity (Wildman–Crippen MR) is 62.9 cm³/mol. The normalized spacial score (nSPS) is 10.4. The van der Waals surface area contributed by atoms with E-state index in [1.807, 2.05) is 6.92 Å². The van der Waals surface area contributed by atoms with Gasteiger partial charge in [0.05, 0.1) is 18.0 Å². The number of thiazole rings is 1. The number of aromatic nitrogens is 2. The molecule has 0 amide bonds. The van der Waals surface area contributed by atoms with Crippen LogP contribution < -0.4 is 5.32 Å². The van der Waals surface area contributed by atoms with Crippen LogP contribution in [0.15, 0.2) is 12.3 Å². The molecule has 16 heavy (non-hydrogen) atoms. The highest BCUT2D eigenvalue weighted by Gasteiger charge is 2.10. The number of methoxy groups -OCH3 is 1. The molecule has 0 atom stereocenters. The highest BCUT2D eigenvalue weighted by atomic mass is 32.1. The standard InChI is InChI=1S/C10H11N3O2S/c1-3-11-10-13-7-5-12-6(9(14)15-2)4-8(7)16-10/h4-5H,3H2,1-2H3,(H,11,13). The summed E-state index contributed by atoms with van der Waals surface area (Å²) in [5.74, 6) is -0.430. The SMILES string of the molecule is CCNc1nc2cnc(C(=O)OC)cc2s1. The van der Waals surface area contributed by atoms with E-state index in [1.54, 1.807) is 12.3 Å². The van der Waals surface area contributed by atoms with Gasteiger partial charge < -0.3 is 10.1 Å². The van der Waals surface area contributed by atoms with Gasteiger partial charge in [-0.25, -0.2) is 14.8 Å². The summed E-state index contributed by atoms with van der Waals surface area (Å²) >= 11 is 1.49.